The molecule has 2 aromatic carbocycles. The molecule has 10 nitrogen and oxygen atoms in total. The van der Waals surface area contributed by atoms with Crippen molar-refractivity contribution in [1.82, 2.24) is 14.9 Å². The van der Waals surface area contributed by atoms with E-state index < -0.39 is 17.7 Å². The SMILES string of the molecule is C=CC(=O)Nc1cc(Nc2cc(N3OCC[C@@H]3c3cc(F)ccc3F)ncn2)c(OC)cc1N1CCC(N(C)C)C1. The maximum absolute atomic E-state index is 14.6. The van der Waals surface area contributed by atoms with Crippen molar-refractivity contribution >= 4 is 34.6 Å². The molecule has 3 aromatic rings. The third-order valence-corrected chi connectivity index (χ3v) is 7.36. The van der Waals surface area contributed by atoms with Gasteiger partial charge in [-0.05, 0) is 50.9 Å². The average molecular weight is 566 g/mol. The van der Waals surface area contributed by atoms with E-state index in [0.29, 0.717) is 47.8 Å². The summed E-state index contributed by atoms with van der Waals surface area (Å²) in [6, 6.07) is 8.51. The normalized spacial score (nSPS) is 18.6. The molecule has 2 aliphatic heterocycles. The highest BCUT2D eigenvalue weighted by Crippen LogP contribution is 2.41. The minimum atomic E-state index is -0.561. The van der Waals surface area contributed by atoms with Crippen molar-refractivity contribution in [3.8, 4) is 5.75 Å². The number of aromatic nitrogens is 2. The van der Waals surface area contributed by atoms with E-state index in [-0.39, 0.29) is 11.5 Å². The van der Waals surface area contributed by atoms with Gasteiger partial charge in [-0.15, -0.1) is 0 Å². The fraction of sp³-hybridized carbons (Fsp3) is 0.345. The molecule has 0 radical (unpaired) electrons. The molecule has 216 valence electrons. The van der Waals surface area contributed by atoms with Gasteiger partial charge in [-0.2, -0.15) is 0 Å². The molecule has 3 heterocycles. The number of hydrogen-bond donors (Lipinski definition) is 2. The van der Waals surface area contributed by atoms with E-state index in [4.69, 9.17) is 9.57 Å². The maximum Gasteiger partial charge on any atom is 0.247 e. The molecule has 12 heteroatoms. The van der Waals surface area contributed by atoms with Crippen molar-refractivity contribution in [2.75, 3.05) is 61.5 Å². The summed E-state index contributed by atoms with van der Waals surface area (Å²) < 4.78 is 34.2. The Morgan fingerprint density at radius 1 is 1.17 bits per heavy atom. The van der Waals surface area contributed by atoms with Gasteiger partial charge in [-0.3, -0.25) is 9.63 Å². The molecule has 41 heavy (non-hydrogen) atoms. The van der Waals surface area contributed by atoms with Gasteiger partial charge in [-0.1, -0.05) is 6.58 Å². The first-order chi connectivity index (χ1) is 19.8. The first-order valence-corrected chi connectivity index (χ1v) is 13.3. The highest BCUT2D eigenvalue weighted by Gasteiger charge is 2.32. The molecule has 0 aliphatic carbocycles. The predicted molar refractivity (Wildman–Crippen MR) is 154 cm³/mol. The van der Waals surface area contributed by atoms with Crippen molar-refractivity contribution in [3.05, 3.63) is 72.6 Å². The van der Waals surface area contributed by atoms with E-state index >= 15 is 0 Å². The Hall–Kier alpha value is -4.29. The zero-order chi connectivity index (χ0) is 29.1. The molecule has 1 unspecified atom stereocenters. The van der Waals surface area contributed by atoms with Gasteiger partial charge >= 0.3 is 0 Å². The number of rotatable bonds is 9. The van der Waals surface area contributed by atoms with E-state index in [1.807, 2.05) is 6.07 Å². The van der Waals surface area contributed by atoms with E-state index in [1.54, 1.807) is 19.2 Å². The monoisotopic (exact) mass is 565 g/mol. The van der Waals surface area contributed by atoms with Crippen LogP contribution in [0.5, 0.6) is 5.75 Å². The summed E-state index contributed by atoms with van der Waals surface area (Å²) >= 11 is 0. The Morgan fingerprint density at radius 2 is 2.00 bits per heavy atom. The van der Waals surface area contributed by atoms with E-state index in [2.05, 4.69) is 51.1 Å². The van der Waals surface area contributed by atoms with Crippen LogP contribution in [0.4, 0.5) is 37.5 Å². The van der Waals surface area contributed by atoms with Crippen LogP contribution in [0.15, 0.2) is 55.4 Å². The van der Waals surface area contributed by atoms with Crippen LogP contribution in [0.1, 0.15) is 24.4 Å². The van der Waals surface area contributed by atoms with Crippen LogP contribution in [-0.4, -0.2) is 67.7 Å². The number of anilines is 5. The van der Waals surface area contributed by atoms with Gasteiger partial charge in [0, 0.05) is 43.2 Å². The Bertz CT molecular complexity index is 1440. The second kappa shape index (κ2) is 12.1. The number of halogens is 2. The molecular weight excluding hydrogens is 532 g/mol. The smallest absolute Gasteiger partial charge is 0.247 e. The summed E-state index contributed by atoms with van der Waals surface area (Å²) in [5.41, 5.74) is 2.17. The van der Waals surface area contributed by atoms with Crippen LogP contribution in [0, 0.1) is 11.6 Å². The third-order valence-electron chi connectivity index (χ3n) is 7.36. The summed E-state index contributed by atoms with van der Waals surface area (Å²) in [6.45, 7) is 5.53. The number of nitrogens with one attached hydrogen (secondary N) is 2. The Labute approximate surface area is 237 Å². The standard InChI is InChI=1S/C29H33F2N7O3/c1-5-29(39)35-22-13-23(26(40-4)14-25(22)37-10-8-19(16-37)36(2)3)34-27-15-28(33-17-32-27)38-24(9-11-41-38)20-12-18(30)6-7-21(20)31/h5-7,12-15,17,19,24H,1,8-11,16H2,2-4H3,(H,35,39)(H,32,33,34)/t19?,24-/m1/s1. The summed E-state index contributed by atoms with van der Waals surface area (Å²) in [6.07, 6.45) is 4.02. The van der Waals surface area contributed by atoms with Crippen molar-refractivity contribution in [1.29, 1.82) is 0 Å². The van der Waals surface area contributed by atoms with Crippen LogP contribution in [0.3, 0.4) is 0 Å². The number of nitrogens with zero attached hydrogens (tertiary/aromatic N) is 5. The zero-order valence-electron chi connectivity index (χ0n) is 23.2. The number of methoxy groups -OCH3 is 1. The number of amides is 1. The summed E-state index contributed by atoms with van der Waals surface area (Å²) in [5, 5.41) is 7.62. The molecule has 2 N–H and O–H groups in total. The van der Waals surface area contributed by atoms with Crippen molar-refractivity contribution in [3.63, 3.8) is 0 Å². The van der Waals surface area contributed by atoms with Gasteiger partial charge < -0.3 is 25.2 Å². The number of ether oxygens (including phenoxy) is 1. The third kappa shape index (κ3) is 6.08. The van der Waals surface area contributed by atoms with E-state index in [0.717, 1.165) is 37.3 Å². The van der Waals surface area contributed by atoms with Crippen LogP contribution in [-0.2, 0) is 9.63 Å². The first-order valence-electron chi connectivity index (χ1n) is 13.3. The van der Waals surface area contributed by atoms with Crippen LogP contribution in [0.2, 0.25) is 0 Å². The van der Waals surface area contributed by atoms with Crippen LogP contribution >= 0.6 is 0 Å². The molecule has 2 aliphatic rings. The molecule has 5 rings (SSSR count). The average Bonchev–Trinajstić information content (AvgIpc) is 3.65. The number of likely N-dealkylation sites (N-methyl/N-ethyl adjacent to an activating group) is 1. The molecular formula is C29H33F2N7O3. The minimum Gasteiger partial charge on any atom is -0.494 e. The largest absolute Gasteiger partial charge is 0.494 e. The quantitative estimate of drug-likeness (QED) is 0.360. The van der Waals surface area contributed by atoms with Gasteiger partial charge in [0.05, 0.1) is 36.8 Å². The lowest BCUT2D eigenvalue weighted by atomic mass is 10.0. The number of hydrogen-bond acceptors (Lipinski definition) is 9. The number of benzene rings is 2. The highest BCUT2D eigenvalue weighted by molar-refractivity contribution is 6.02. The van der Waals surface area contributed by atoms with Crippen LogP contribution < -0.4 is 25.3 Å². The van der Waals surface area contributed by atoms with E-state index in [9.17, 15) is 13.6 Å². The van der Waals surface area contributed by atoms with Gasteiger partial charge in [0.15, 0.2) is 5.82 Å². The zero-order valence-corrected chi connectivity index (χ0v) is 23.2. The van der Waals surface area contributed by atoms with Crippen molar-refractivity contribution < 1.29 is 23.1 Å². The van der Waals surface area contributed by atoms with Gasteiger partial charge in [0.25, 0.3) is 0 Å². The Kier molecular flexibility index (Phi) is 8.31. The topological polar surface area (TPSA) is 95.1 Å². The minimum absolute atomic E-state index is 0.189. The molecule has 2 fully saturated rings. The maximum atomic E-state index is 14.6. The summed E-state index contributed by atoms with van der Waals surface area (Å²) in [5.74, 6) is -0.0624. The lowest BCUT2D eigenvalue weighted by Gasteiger charge is -2.26. The molecule has 1 aromatic heterocycles. The molecule has 1 amide bonds. The lowest BCUT2D eigenvalue weighted by Crippen LogP contribution is -2.31. The summed E-state index contributed by atoms with van der Waals surface area (Å²) in [4.78, 5) is 31.1. The molecule has 2 atom stereocenters. The first kappa shape index (κ1) is 28.2. The number of carbonyl (C=O) groups is 1. The van der Waals surface area contributed by atoms with E-state index in [1.165, 1.54) is 23.5 Å². The fourth-order valence-corrected chi connectivity index (χ4v) is 5.18. The lowest BCUT2D eigenvalue weighted by molar-refractivity contribution is -0.111. The van der Waals surface area contributed by atoms with Crippen LogP contribution in [0.25, 0.3) is 0 Å². The highest BCUT2D eigenvalue weighted by atomic mass is 19.1. The fourth-order valence-electron chi connectivity index (χ4n) is 5.18. The van der Waals surface area contributed by atoms with Crippen molar-refractivity contribution in [2.24, 2.45) is 0 Å². The Balaban J connectivity index is 1.45. The predicted octanol–water partition coefficient (Wildman–Crippen LogP) is 4.65. The van der Waals surface area contributed by atoms with Gasteiger partial charge in [-0.25, -0.2) is 23.8 Å². The number of hydroxylamine groups is 1. The van der Waals surface area contributed by atoms with Gasteiger partial charge in [0.1, 0.15) is 29.5 Å². The second-order valence-corrected chi connectivity index (χ2v) is 10.1. The van der Waals surface area contributed by atoms with Gasteiger partial charge in [0.2, 0.25) is 5.91 Å². The number of carbonyl (C=O) groups excluding carboxylic acids is 1. The van der Waals surface area contributed by atoms with Crippen molar-refractivity contribution in [2.45, 2.75) is 24.9 Å². The molecule has 2 saturated heterocycles. The Morgan fingerprint density at radius 3 is 2.73 bits per heavy atom. The molecule has 0 saturated carbocycles. The molecule has 0 spiro atoms. The molecule has 0 bridgehead atoms. The second-order valence-electron chi connectivity index (χ2n) is 10.1. The summed E-state index contributed by atoms with van der Waals surface area (Å²) in [7, 11) is 5.69.